The van der Waals surface area contributed by atoms with Gasteiger partial charge in [-0.05, 0) is 30.2 Å². The maximum atomic E-state index is 14.1. The second-order valence-electron chi connectivity index (χ2n) is 7.31. The minimum Gasteiger partial charge on any atom is -0.320 e. The van der Waals surface area contributed by atoms with Crippen LogP contribution in [0, 0.1) is 17.1 Å². The highest BCUT2D eigenvalue weighted by atomic mass is 19.4. The quantitative estimate of drug-likeness (QED) is 0.412. The van der Waals surface area contributed by atoms with Gasteiger partial charge in [-0.25, -0.2) is 9.37 Å². The third kappa shape index (κ3) is 4.72. The molecule has 0 fully saturated rings. The average molecular weight is 484 g/mol. The lowest BCUT2D eigenvalue weighted by molar-refractivity contribution is -0.145. The van der Waals surface area contributed by atoms with Gasteiger partial charge in [0, 0.05) is 0 Å². The Kier molecular flexibility index (Phi) is 6.28. The van der Waals surface area contributed by atoms with Crippen molar-refractivity contribution in [1.82, 2.24) is 29.8 Å². The molecule has 35 heavy (non-hydrogen) atoms. The van der Waals surface area contributed by atoms with Crippen LogP contribution in [0.1, 0.15) is 46.6 Å². The number of rotatable bonds is 6. The molecular formula is C22H16F4N8O. The Morgan fingerprint density at radius 2 is 1.91 bits per heavy atom. The van der Waals surface area contributed by atoms with E-state index in [2.05, 4.69) is 25.6 Å². The van der Waals surface area contributed by atoms with Crippen molar-refractivity contribution in [2.24, 2.45) is 0 Å². The summed E-state index contributed by atoms with van der Waals surface area (Å²) in [6.45, 7) is 1.63. The van der Waals surface area contributed by atoms with Crippen LogP contribution in [0.4, 0.5) is 23.2 Å². The van der Waals surface area contributed by atoms with E-state index in [1.807, 2.05) is 6.07 Å². The van der Waals surface area contributed by atoms with Gasteiger partial charge in [0.25, 0.3) is 5.91 Å². The fraction of sp³-hybridized carbons (Fsp3) is 0.182. The lowest BCUT2D eigenvalue weighted by Gasteiger charge is -2.21. The molecule has 1 amide bonds. The lowest BCUT2D eigenvalue weighted by atomic mass is 10.0. The molecule has 4 aromatic rings. The van der Waals surface area contributed by atoms with Gasteiger partial charge in [0.1, 0.15) is 17.4 Å². The lowest BCUT2D eigenvalue weighted by Crippen LogP contribution is -2.24. The smallest absolute Gasteiger partial charge is 0.320 e. The third-order valence-corrected chi connectivity index (χ3v) is 5.08. The first kappa shape index (κ1) is 23.6. The Morgan fingerprint density at radius 1 is 1.17 bits per heavy atom. The molecule has 0 bridgehead atoms. The van der Waals surface area contributed by atoms with E-state index in [0.717, 1.165) is 23.3 Å². The van der Waals surface area contributed by atoms with Gasteiger partial charge in [-0.1, -0.05) is 19.1 Å². The minimum atomic E-state index is -4.93. The summed E-state index contributed by atoms with van der Waals surface area (Å²) < 4.78 is 56.6. The van der Waals surface area contributed by atoms with Crippen molar-refractivity contribution >= 4 is 11.6 Å². The summed E-state index contributed by atoms with van der Waals surface area (Å²) in [6, 6.07) is 7.34. The number of carbonyl (C=O) groups is 1. The average Bonchev–Trinajstić information content (AvgIpc) is 3.50. The van der Waals surface area contributed by atoms with Crippen LogP contribution in [0.5, 0.6) is 0 Å². The number of hydrogen-bond acceptors (Lipinski definition) is 6. The summed E-state index contributed by atoms with van der Waals surface area (Å²) in [5, 5.41) is 23.3. The number of nitrogens with zero attached hydrogens (tertiary/aromatic N) is 7. The first-order valence-corrected chi connectivity index (χ1v) is 10.2. The maximum Gasteiger partial charge on any atom is 0.433 e. The number of hydrogen-bond donors (Lipinski definition) is 1. The molecule has 0 aliphatic heterocycles. The van der Waals surface area contributed by atoms with Gasteiger partial charge in [0.15, 0.2) is 11.5 Å². The number of amides is 1. The van der Waals surface area contributed by atoms with Crippen molar-refractivity contribution < 1.29 is 22.4 Å². The van der Waals surface area contributed by atoms with E-state index in [-0.39, 0.29) is 29.1 Å². The number of alkyl halides is 3. The first-order chi connectivity index (χ1) is 16.7. The molecule has 3 heterocycles. The molecule has 0 saturated heterocycles. The summed E-state index contributed by atoms with van der Waals surface area (Å²) in [7, 11) is 0. The molecule has 0 aliphatic carbocycles. The number of aromatic nitrogens is 6. The number of pyridine rings is 1. The molecule has 1 aromatic carbocycles. The van der Waals surface area contributed by atoms with Crippen LogP contribution in [0.2, 0.25) is 0 Å². The van der Waals surface area contributed by atoms with Gasteiger partial charge in [0.05, 0.1) is 42.1 Å². The van der Waals surface area contributed by atoms with Gasteiger partial charge >= 0.3 is 6.18 Å². The van der Waals surface area contributed by atoms with Crippen molar-refractivity contribution in [3.05, 3.63) is 83.3 Å². The van der Waals surface area contributed by atoms with Gasteiger partial charge < -0.3 is 5.32 Å². The Bertz CT molecular complexity index is 1410. The van der Waals surface area contributed by atoms with E-state index in [1.165, 1.54) is 36.7 Å². The van der Waals surface area contributed by atoms with E-state index in [0.29, 0.717) is 4.68 Å². The van der Waals surface area contributed by atoms with Gasteiger partial charge in [-0.15, -0.1) is 4.80 Å². The molecule has 178 valence electrons. The molecule has 9 nitrogen and oxygen atoms in total. The fourth-order valence-electron chi connectivity index (χ4n) is 3.60. The molecule has 0 saturated carbocycles. The summed E-state index contributed by atoms with van der Waals surface area (Å²) >= 11 is 0. The normalized spacial score (nSPS) is 12.2. The highest BCUT2D eigenvalue weighted by Crippen LogP contribution is 2.36. The van der Waals surface area contributed by atoms with Crippen LogP contribution < -0.4 is 5.32 Å². The Labute approximate surface area is 195 Å². The predicted octanol–water partition coefficient (Wildman–Crippen LogP) is 4.14. The zero-order valence-electron chi connectivity index (χ0n) is 18.0. The van der Waals surface area contributed by atoms with E-state index in [1.54, 1.807) is 6.92 Å². The summed E-state index contributed by atoms with van der Waals surface area (Å²) in [4.78, 5) is 18.0. The van der Waals surface area contributed by atoms with Gasteiger partial charge in [-0.2, -0.15) is 33.7 Å². The first-order valence-electron chi connectivity index (χ1n) is 10.2. The number of anilines is 1. The molecule has 0 spiro atoms. The van der Waals surface area contributed by atoms with Crippen molar-refractivity contribution in [3.63, 3.8) is 0 Å². The second kappa shape index (κ2) is 9.34. The van der Waals surface area contributed by atoms with Gasteiger partial charge in [0.2, 0.25) is 0 Å². The molecule has 4 rings (SSSR count). The zero-order valence-corrected chi connectivity index (χ0v) is 18.0. The van der Waals surface area contributed by atoms with Crippen LogP contribution in [0.25, 0.3) is 5.82 Å². The summed E-state index contributed by atoms with van der Waals surface area (Å²) in [5.41, 5.74) is -1.76. The maximum absolute atomic E-state index is 14.1. The molecule has 1 unspecified atom stereocenters. The van der Waals surface area contributed by atoms with Crippen LogP contribution in [0.15, 0.2) is 55.1 Å². The SMILES string of the molecule is CCC(c1cccc(F)c1)n1ncc(C(=O)Nc2cnc(-n3nccn3)c(C#N)c2)c1C(F)(F)F. The van der Waals surface area contributed by atoms with E-state index < -0.39 is 35.2 Å². The number of nitriles is 1. The van der Waals surface area contributed by atoms with Crippen LogP contribution in [-0.4, -0.2) is 35.7 Å². The Morgan fingerprint density at radius 3 is 2.54 bits per heavy atom. The van der Waals surface area contributed by atoms with Crippen molar-refractivity contribution in [1.29, 1.82) is 5.26 Å². The van der Waals surface area contributed by atoms with E-state index in [4.69, 9.17) is 0 Å². The predicted molar refractivity (Wildman–Crippen MR) is 114 cm³/mol. The van der Waals surface area contributed by atoms with Crippen LogP contribution >= 0.6 is 0 Å². The van der Waals surface area contributed by atoms with Crippen molar-refractivity contribution in [2.75, 3.05) is 5.32 Å². The number of benzene rings is 1. The molecule has 3 aromatic heterocycles. The minimum absolute atomic E-state index is 0.0112. The number of halogens is 4. The van der Waals surface area contributed by atoms with Gasteiger partial charge in [-0.3, -0.25) is 9.48 Å². The monoisotopic (exact) mass is 484 g/mol. The standard InChI is InChI=1S/C22H16F4N8O/c1-2-18(13-4-3-5-15(23)8-13)33-19(22(24,25)26)17(12-31-33)21(35)32-16-9-14(10-27)20(28-11-16)34-29-6-7-30-34/h3-9,11-12,18H,2H2,1H3,(H,32,35). The number of carbonyl (C=O) groups excluding carboxylic acids is 1. The largest absolute Gasteiger partial charge is 0.433 e. The fourth-order valence-corrected chi connectivity index (χ4v) is 3.60. The van der Waals surface area contributed by atoms with Crippen LogP contribution in [0.3, 0.4) is 0 Å². The number of nitrogens with one attached hydrogen (secondary N) is 1. The molecular weight excluding hydrogens is 468 g/mol. The second-order valence-corrected chi connectivity index (χ2v) is 7.31. The summed E-state index contributed by atoms with van der Waals surface area (Å²) in [6.07, 6.45) is -0.0504. The van der Waals surface area contributed by atoms with Crippen molar-refractivity contribution in [3.8, 4) is 11.9 Å². The van der Waals surface area contributed by atoms with E-state index >= 15 is 0 Å². The molecule has 13 heteroatoms. The Hall–Kier alpha value is -4.60. The highest BCUT2D eigenvalue weighted by Gasteiger charge is 2.41. The summed E-state index contributed by atoms with van der Waals surface area (Å²) in [5.74, 6) is -1.62. The molecule has 1 N–H and O–H groups in total. The van der Waals surface area contributed by atoms with Crippen molar-refractivity contribution in [2.45, 2.75) is 25.6 Å². The topological polar surface area (TPSA) is 114 Å². The van der Waals surface area contributed by atoms with Crippen LogP contribution in [-0.2, 0) is 6.18 Å². The molecule has 0 radical (unpaired) electrons. The Balaban J connectivity index is 1.69. The molecule has 0 aliphatic rings. The van der Waals surface area contributed by atoms with E-state index in [9.17, 15) is 27.6 Å². The zero-order chi connectivity index (χ0) is 25.2. The molecule has 1 atom stereocenters. The third-order valence-electron chi connectivity index (χ3n) is 5.08. The highest BCUT2D eigenvalue weighted by molar-refractivity contribution is 6.05.